The Labute approximate surface area is 227 Å². The van der Waals surface area contributed by atoms with Crippen LogP contribution < -0.4 is 28.7 Å². The van der Waals surface area contributed by atoms with E-state index in [2.05, 4.69) is 9.98 Å². The summed E-state index contributed by atoms with van der Waals surface area (Å²) in [4.78, 5) is 7.57. The molecule has 3 fully saturated rings. The van der Waals surface area contributed by atoms with Crippen LogP contribution in [0.5, 0.6) is 0 Å². The molecular weight excluding hydrogens is 546 g/mol. The molecule has 0 radical (unpaired) electrons. The lowest BCUT2D eigenvalue weighted by Crippen LogP contribution is -2.66. The van der Waals surface area contributed by atoms with Gasteiger partial charge >= 0.3 is 0 Å². The molecule has 15 unspecified atom stereocenters. The highest BCUT2D eigenvalue weighted by Gasteiger charge is 2.61. The molecule has 0 spiro atoms. The molecule has 3 rings (SSSR count). The standard InChI is InChI=1S/C20H39N7O13/c21-6-10(32)9(31)4(1-28)37-16(6)40-15-17(38-5(2-29)20(15,36)3-30)39-14-8(27-19(24)25)11(33)7(26-18(22)23)12(34)13(14)35/h4-17,28-36H,1-3,21H2,(H4,22,23,26)(H4,24,25,27). The molecule has 232 valence electrons. The highest BCUT2D eigenvalue weighted by molar-refractivity contribution is 5.76. The van der Waals surface area contributed by atoms with Crippen molar-refractivity contribution in [2.24, 2.45) is 38.7 Å². The zero-order chi connectivity index (χ0) is 30.1. The van der Waals surface area contributed by atoms with Gasteiger partial charge in [0.15, 0.2) is 24.5 Å². The highest BCUT2D eigenvalue weighted by Crippen LogP contribution is 2.39. The Bertz CT molecular complexity index is 910. The lowest BCUT2D eigenvalue weighted by Gasteiger charge is -2.45. The van der Waals surface area contributed by atoms with Crippen LogP contribution in [-0.4, -0.2) is 169 Å². The van der Waals surface area contributed by atoms with Gasteiger partial charge in [0.1, 0.15) is 72.6 Å². The fraction of sp³-hybridized carbons (Fsp3) is 0.900. The van der Waals surface area contributed by atoms with E-state index in [4.69, 9.17) is 47.6 Å². The summed E-state index contributed by atoms with van der Waals surface area (Å²) in [7, 11) is 0. The molecule has 0 bridgehead atoms. The van der Waals surface area contributed by atoms with E-state index in [9.17, 15) is 46.0 Å². The van der Waals surface area contributed by atoms with Crippen molar-refractivity contribution < 1.29 is 64.9 Å². The average molecular weight is 586 g/mol. The first kappa shape index (κ1) is 32.5. The van der Waals surface area contributed by atoms with Gasteiger partial charge in [0, 0.05) is 0 Å². The summed E-state index contributed by atoms with van der Waals surface area (Å²) in [5.41, 5.74) is 25.2. The minimum atomic E-state index is -2.42. The van der Waals surface area contributed by atoms with Crippen LogP contribution >= 0.6 is 0 Å². The third kappa shape index (κ3) is 6.10. The number of nitrogens with two attached hydrogens (primary N) is 5. The quantitative estimate of drug-likeness (QED) is 0.0881. The van der Waals surface area contributed by atoms with Gasteiger partial charge in [0.2, 0.25) is 0 Å². The van der Waals surface area contributed by atoms with Gasteiger partial charge in [-0.25, -0.2) is 9.98 Å². The molecule has 15 atom stereocenters. The van der Waals surface area contributed by atoms with Crippen molar-refractivity contribution in [3.05, 3.63) is 0 Å². The second-order valence-electron chi connectivity index (χ2n) is 9.83. The molecule has 0 aromatic heterocycles. The van der Waals surface area contributed by atoms with Crippen molar-refractivity contribution in [2.75, 3.05) is 19.8 Å². The molecule has 0 amide bonds. The van der Waals surface area contributed by atoms with Crippen molar-refractivity contribution >= 4 is 11.9 Å². The van der Waals surface area contributed by atoms with Crippen molar-refractivity contribution in [3.63, 3.8) is 0 Å². The zero-order valence-electron chi connectivity index (χ0n) is 21.1. The van der Waals surface area contributed by atoms with Gasteiger partial charge < -0.3 is 93.6 Å². The Balaban J connectivity index is 1.97. The maximum absolute atomic E-state index is 11.2. The fourth-order valence-electron chi connectivity index (χ4n) is 4.98. The van der Waals surface area contributed by atoms with Gasteiger partial charge in [-0.3, -0.25) is 0 Å². The molecule has 2 aliphatic heterocycles. The molecule has 20 nitrogen and oxygen atoms in total. The predicted molar refractivity (Wildman–Crippen MR) is 130 cm³/mol. The van der Waals surface area contributed by atoms with Crippen molar-refractivity contribution in [1.82, 2.24) is 0 Å². The van der Waals surface area contributed by atoms with Gasteiger partial charge in [-0.05, 0) is 0 Å². The Morgan fingerprint density at radius 3 is 1.85 bits per heavy atom. The fourth-order valence-corrected chi connectivity index (χ4v) is 4.98. The maximum Gasteiger partial charge on any atom is 0.188 e. The third-order valence-corrected chi connectivity index (χ3v) is 7.18. The van der Waals surface area contributed by atoms with Gasteiger partial charge in [-0.15, -0.1) is 0 Å². The number of aliphatic imine (C=N–C) groups is 2. The Kier molecular flexibility index (Phi) is 10.5. The van der Waals surface area contributed by atoms with Crippen LogP contribution in [0.15, 0.2) is 9.98 Å². The van der Waals surface area contributed by atoms with Crippen molar-refractivity contribution in [1.29, 1.82) is 0 Å². The topological polar surface area (TPSA) is 374 Å². The normalized spacial score (nSPS) is 47.5. The molecule has 1 aliphatic carbocycles. The second kappa shape index (κ2) is 12.9. The van der Waals surface area contributed by atoms with Crippen LogP contribution in [0.1, 0.15) is 0 Å². The van der Waals surface area contributed by atoms with Gasteiger partial charge in [-0.1, -0.05) is 0 Å². The minimum Gasteiger partial charge on any atom is -0.394 e. The van der Waals surface area contributed by atoms with E-state index >= 15 is 0 Å². The Morgan fingerprint density at radius 1 is 0.725 bits per heavy atom. The predicted octanol–water partition coefficient (Wildman–Crippen LogP) is -9.66. The smallest absolute Gasteiger partial charge is 0.188 e. The molecule has 0 aromatic carbocycles. The Hall–Kier alpha value is -2.02. The summed E-state index contributed by atoms with van der Waals surface area (Å²) < 4.78 is 22.5. The SMILES string of the molecule is NC(N)=NC1C(O)C(O)C(OC2OC(CO)C(O)(CO)C2OC2OC(CO)C(O)C(O)C2N)C(N=C(N)N)C1O. The van der Waals surface area contributed by atoms with Crippen molar-refractivity contribution in [3.8, 4) is 0 Å². The first-order valence-corrected chi connectivity index (χ1v) is 12.2. The number of nitrogens with zero attached hydrogens (tertiary/aromatic N) is 2. The molecule has 2 saturated heterocycles. The third-order valence-electron chi connectivity index (χ3n) is 7.18. The first-order chi connectivity index (χ1) is 18.7. The van der Waals surface area contributed by atoms with E-state index in [0.29, 0.717) is 0 Å². The highest BCUT2D eigenvalue weighted by atomic mass is 16.8. The molecular formula is C20H39N7O13. The molecule has 40 heavy (non-hydrogen) atoms. The molecule has 3 aliphatic rings. The van der Waals surface area contributed by atoms with Crippen LogP contribution in [-0.2, 0) is 18.9 Å². The van der Waals surface area contributed by atoms with Crippen molar-refractivity contribution in [2.45, 2.75) is 91.2 Å². The maximum atomic E-state index is 11.2. The van der Waals surface area contributed by atoms with Crippen LogP contribution in [0.25, 0.3) is 0 Å². The number of ether oxygens (including phenoxy) is 4. The van der Waals surface area contributed by atoms with Gasteiger partial charge in [-0.2, -0.15) is 0 Å². The summed E-state index contributed by atoms with van der Waals surface area (Å²) in [5.74, 6) is -1.09. The second-order valence-corrected chi connectivity index (χ2v) is 9.83. The van der Waals surface area contributed by atoms with Crippen LogP contribution in [0.4, 0.5) is 0 Å². The molecule has 1 saturated carbocycles. The summed E-state index contributed by atoms with van der Waals surface area (Å²) in [5, 5.41) is 93.3. The number of aliphatic hydroxyl groups is 9. The summed E-state index contributed by atoms with van der Waals surface area (Å²) >= 11 is 0. The monoisotopic (exact) mass is 585 g/mol. The van der Waals surface area contributed by atoms with Crippen LogP contribution in [0, 0.1) is 0 Å². The molecule has 20 heteroatoms. The van der Waals surface area contributed by atoms with E-state index < -0.39 is 123 Å². The van der Waals surface area contributed by atoms with E-state index in [-0.39, 0.29) is 0 Å². The average Bonchev–Trinajstić information content (AvgIpc) is 3.17. The summed E-state index contributed by atoms with van der Waals surface area (Å²) in [6, 6.07) is -4.49. The van der Waals surface area contributed by atoms with Gasteiger partial charge in [0.25, 0.3) is 0 Å². The zero-order valence-corrected chi connectivity index (χ0v) is 21.1. The van der Waals surface area contributed by atoms with E-state index in [1.165, 1.54) is 0 Å². The molecule has 0 aromatic rings. The van der Waals surface area contributed by atoms with Crippen LogP contribution in [0.2, 0.25) is 0 Å². The number of guanidine groups is 2. The van der Waals surface area contributed by atoms with Crippen LogP contribution in [0.3, 0.4) is 0 Å². The van der Waals surface area contributed by atoms with Gasteiger partial charge in [0.05, 0.1) is 25.9 Å². The van der Waals surface area contributed by atoms with E-state index in [1.54, 1.807) is 0 Å². The van der Waals surface area contributed by atoms with E-state index in [0.717, 1.165) is 0 Å². The number of rotatable bonds is 9. The number of hydrogen-bond donors (Lipinski definition) is 14. The molecule has 2 heterocycles. The lowest BCUT2D eigenvalue weighted by molar-refractivity contribution is -0.315. The molecule has 19 N–H and O–H groups in total. The summed E-state index contributed by atoms with van der Waals surface area (Å²) in [6.45, 7) is -2.71. The number of hydrogen-bond acceptors (Lipinski definition) is 16. The Morgan fingerprint density at radius 2 is 1.32 bits per heavy atom. The summed E-state index contributed by atoms with van der Waals surface area (Å²) in [6.07, 6.45) is -18.6. The minimum absolute atomic E-state index is 0.526. The van der Waals surface area contributed by atoms with E-state index in [1.807, 2.05) is 0 Å². The number of aliphatic hydroxyl groups excluding tert-OH is 8. The first-order valence-electron chi connectivity index (χ1n) is 12.2. The lowest BCUT2D eigenvalue weighted by atomic mass is 9.81. The largest absolute Gasteiger partial charge is 0.394 e.